The Morgan fingerprint density at radius 2 is 2.10 bits per heavy atom. The van der Waals surface area contributed by atoms with E-state index in [2.05, 4.69) is 30.1 Å². The molecule has 0 saturated carbocycles. The lowest BCUT2D eigenvalue weighted by Crippen LogP contribution is -2.42. The number of anilines is 2. The summed E-state index contributed by atoms with van der Waals surface area (Å²) in [7, 11) is 0. The molecule has 9 nitrogen and oxygen atoms in total. The summed E-state index contributed by atoms with van der Waals surface area (Å²) in [5, 5.41) is 13.4. The number of hydrogen-bond acceptors (Lipinski definition) is 8. The third kappa shape index (κ3) is 4.98. The number of hydrogen-bond donors (Lipinski definition) is 4. The molecule has 2 aliphatic rings. The van der Waals surface area contributed by atoms with E-state index in [1.165, 1.54) is 0 Å². The first kappa shape index (κ1) is 21.2. The molecule has 2 aliphatic heterocycles. The fourth-order valence-corrected chi connectivity index (χ4v) is 3.94. The molecule has 0 bridgehead atoms. The van der Waals surface area contributed by atoms with E-state index < -0.39 is 6.04 Å². The van der Waals surface area contributed by atoms with Gasteiger partial charge in [-0.3, -0.25) is 19.5 Å². The first-order valence-corrected chi connectivity index (χ1v) is 10.8. The molecule has 0 fully saturated rings. The zero-order valence-corrected chi connectivity index (χ0v) is 18.5. The van der Waals surface area contributed by atoms with E-state index in [0.29, 0.717) is 6.54 Å². The van der Waals surface area contributed by atoms with E-state index in [4.69, 9.17) is 5.73 Å². The number of aromatic amines is 1. The lowest BCUT2D eigenvalue weighted by Gasteiger charge is -2.24. The van der Waals surface area contributed by atoms with Crippen LogP contribution in [0.2, 0.25) is 0 Å². The zero-order chi connectivity index (χ0) is 22.0. The summed E-state index contributed by atoms with van der Waals surface area (Å²) in [5.74, 6) is 2.45. The largest absolute Gasteiger partial charge is 0.325 e. The molecule has 1 radical (unpaired) electrons. The van der Waals surface area contributed by atoms with E-state index in [9.17, 15) is 4.79 Å². The highest BCUT2D eigenvalue weighted by atomic mass is 32.2. The lowest BCUT2D eigenvalue weighted by molar-refractivity contribution is -0.118. The predicted molar refractivity (Wildman–Crippen MR) is 124 cm³/mol. The molecule has 5 N–H and O–H groups in total. The standard InChI is InChI=1S/C21H26N8OS/c1-13(2)20(22)21(30)24-15-4-6-16(7-5-15)31-28-11-18-23-8-9-29(18)19(12-28)25-17-10-14(3)26-27-17/h4-10,12-13,20H,11,22H2,1-3H3,(H,24,30)(H2,25,26,27)/q+1/t20-/m1/s1. The van der Waals surface area contributed by atoms with Crippen LogP contribution in [0.25, 0.3) is 0 Å². The molecule has 1 aromatic carbocycles. The van der Waals surface area contributed by atoms with Gasteiger partial charge in [0.25, 0.3) is 11.7 Å². The minimum atomic E-state index is -0.527. The van der Waals surface area contributed by atoms with Crippen LogP contribution in [0.3, 0.4) is 0 Å². The van der Waals surface area contributed by atoms with Gasteiger partial charge in [-0.2, -0.15) is 10.1 Å². The van der Waals surface area contributed by atoms with E-state index in [1.807, 2.05) is 68.4 Å². The highest BCUT2D eigenvalue weighted by Gasteiger charge is 2.37. The molecule has 0 aliphatic carbocycles. The number of carbonyl (C=O) groups is 1. The number of nitrogens with zero attached hydrogens (tertiary/aromatic N) is 4. The molecule has 31 heavy (non-hydrogen) atoms. The van der Waals surface area contributed by atoms with Crippen LogP contribution in [0.1, 0.15) is 19.5 Å². The number of nitrogens with two attached hydrogens (primary N) is 1. The highest BCUT2D eigenvalue weighted by Crippen LogP contribution is 2.29. The number of carbonyl (C=O) groups excluding carboxylic acids is 1. The Bertz CT molecular complexity index is 1040. The number of nitrogens with one attached hydrogen (secondary N) is 3. The monoisotopic (exact) mass is 438 g/mol. The van der Waals surface area contributed by atoms with Gasteiger partial charge in [-0.1, -0.05) is 13.8 Å². The third-order valence-electron chi connectivity index (χ3n) is 4.87. The minimum Gasteiger partial charge on any atom is -0.325 e. The number of aromatic nitrogens is 2. The smallest absolute Gasteiger partial charge is 0.285 e. The van der Waals surface area contributed by atoms with Crippen molar-refractivity contribution in [3.05, 3.63) is 60.4 Å². The summed E-state index contributed by atoms with van der Waals surface area (Å²) >= 11 is 1.59. The normalized spacial score (nSPS) is 16.7. The van der Waals surface area contributed by atoms with Crippen molar-refractivity contribution in [2.24, 2.45) is 16.6 Å². The van der Waals surface area contributed by atoms with Crippen molar-refractivity contribution in [2.45, 2.75) is 31.7 Å². The molecule has 4 rings (SSSR count). The van der Waals surface area contributed by atoms with E-state index >= 15 is 0 Å². The molecule has 1 amide bonds. The van der Waals surface area contributed by atoms with Crippen LogP contribution in [-0.2, 0) is 4.79 Å². The molecule has 161 valence electrons. The fourth-order valence-electron chi connectivity index (χ4n) is 3.08. The average molecular weight is 439 g/mol. The van der Waals surface area contributed by atoms with Crippen molar-refractivity contribution < 1.29 is 4.79 Å². The number of H-pyrrole nitrogens is 1. The summed E-state index contributed by atoms with van der Waals surface area (Å²) in [6, 6.07) is 9.13. The molecular formula is C21H26N8OS+. The van der Waals surface area contributed by atoms with Gasteiger partial charge in [0.2, 0.25) is 5.91 Å². The van der Waals surface area contributed by atoms with Crippen LogP contribution in [0.15, 0.2) is 64.6 Å². The Morgan fingerprint density at radius 3 is 2.77 bits per heavy atom. The molecule has 1 aromatic heterocycles. The molecule has 0 unspecified atom stereocenters. The SMILES string of the molecule is Cc1cc(NC2=CN(Sc3ccc(NC(=O)[C@H](N)C(C)C)cc3)CC3=NC=C[N+]23)n[nH]1. The minimum absolute atomic E-state index is 0.0847. The van der Waals surface area contributed by atoms with E-state index in [0.717, 1.165) is 33.8 Å². The van der Waals surface area contributed by atoms with Crippen LogP contribution in [-0.4, -0.2) is 38.8 Å². The van der Waals surface area contributed by atoms with Crippen LogP contribution in [0.4, 0.5) is 11.5 Å². The first-order valence-electron chi connectivity index (χ1n) is 10.0. The summed E-state index contributed by atoms with van der Waals surface area (Å²) in [6.45, 7) is 6.47. The zero-order valence-electron chi connectivity index (χ0n) is 17.7. The van der Waals surface area contributed by atoms with Gasteiger partial charge >= 0.3 is 0 Å². The molecular weight excluding hydrogens is 412 g/mol. The molecule has 3 heterocycles. The van der Waals surface area contributed by atoms with Gasteiger partial charge in [0.1, 0.15) is 6.54 Å². The molecule has 10 heteroatoms. The topological polar surface area (TPSA) is 117 Å². The second-order valence-electron chi connectivity index (χ2n) is 7.74. The van der Waals surface area contributed by atoms with Gasteiger partial charge in [0.15, 0.2) is 12.0 Å². The fraction of sp³-hybridized carbons (Fsp3) is 0.286. The Labute approximate surface area is 185 Å². The number of rotatable bonds is 7. The Kier molecular flexibility index (Phi) is 6.12. The second-order valence-corrected chi connectivity index (χ2v) is 8.86. The first-order chi connectivity index (χ1) is 14.9. The van der Waals surface area contributed by atoms with Crippen molar-refractivity contribution in [2.75, 3.05) is 17.2 Å². The van der Waals surface area contributed by atoms with E-state index in [-0.39, 0.29) is 11.8 Å². The van der Waals surface area contributed by atoms with Gasteiger partial charge in [0, 0.05) is 22.3 Å². The Morgan fingerprint density at radius 1 is 1.32 bits per heavy atom. The summed E-state index contributed by atoms with van der Waals surface area (Å²) in [4.78, 5) is 19.7. The van der Waals surface area contributed by atoms with Gasteiger partial charge in [-0.05, 0) is 54.0 Å². The number of benzene rings is 1. The Hall–Kier alpha value is -3.08. The summed E-state index contributed by atoms with van der Waals surface area (Å²) < 4.78 is 2.10. The summed E-state index contributed by atoms with van der Waals surface area (Å²) in [6.07, 6.45) is 5.74. The maximum atomic E-state index is 12.2. The van der Waals surface area contributed by atoms with Gasteiger partial charge in [0.05, 0.1) is 18.4 Å². The van der Waals surface area contributed by atoms with Gasteiger partial charge in [-0.15, -0.1) is 0 Å². The van der Waals surface area contributed by atoms with Crippen molar-refractivity contribution >= 4 is 35.2 Å². The molecule has 2 aromatic rings. The van der Waals surface area contributed by atoms with Crippen molar-refractivity contribution in [3.63, 3.8) is 0 Å². The van der Waals surface area contributed by atoms with Crippen LogP contribution >= 0.6 is 11.9 Å². The number of aliphatic imine (C=N–C) groups is 1. The maximum Gasteiger partial charge on any atom is 0.285 e. The Balaban J connectivity index is 1.44. The molecule has 0 saturated heterocycles. The molecule has 0 spiro atoms. The number of fused-ring (bicyclic) bond motifs is 1. The number of amidine groups is 1. The van der Waals surface area contributed by atoms with Crippen molar-refractivity contribution in [3.8, 4) is 0 Å². The van der Waals surface area contributed by atoms with Crippen molar-refractivity contribution in [1.82, 2.24) is 19.4 Å². The highest BCUT2D eigenvalue weighted by molar-refractivity contribution is 7.97. The lowest BCUT2D eigenvalue weighted by atomic mass is 10.1. The van der Waals surface area contributed by atoms with Gasteiger partial charge < -0.3 is 11.1 Å². The van der Waals surface area contributed by atoms with Crippen LogP contribution < -0.4 is 21.3 Å². The predicted octanol–water partition coefficient (Wildman–Crippen LogP) is 2.90. The van der Waals surface area contributed by atoms with E-state index in [1.54, 1.807) is 18.1 Å². The second kappa shape index (κ2) is 8.96. The maximum absolute atomic E-state index is 12.2. The van der Waals surface area contributed by atoms with Crippen molar-refractivity contribution in [1.29, 1.82) is 0 Å². The quantitative estimate of drug-likeness (QED) is 0.390. The third-order valence-corrected chi connectivity index (χ3v) is 5.82. The van der Waals surface area contributed by atoms with Crippen LogP contribution in [0.5, 0.6) is 0 Å². The van der Waals surface area contributed by atoms with Crippen LogP contribution in [0, 0.1) is 12.8 Å². The average Bonchev–Trinajstić information content (AvgIpc) is 3.37. The number of amides is 1. The van der Waals surface area contributed by atoms with Gasteiger partial charge in [-0.25, -0.2) is 0 Å². The summed E-state index contributed by atoms with van der Waals surface area (Å²) in [5.41, 5.74) is 7.62. The molecule has 1 atom stereocenters. The number of aryl methyl sites for hydroxylation is 1.